The molecule has 0 aromatic carbocycles. The van der Waals surface area contributed by atoms with Crippen molar-refractivity contribution in [2.45, 2.75) is 6.92 Å². The Morgan fingerprint density at radius 2 is 2.21 bits per heavy atom. The molecule has 0 bridgehead atoms. The van der Waals surface area contributed by atoms with Crippen LogP contribution in [0.4, 0.5) is 5.95 Å². The molecule has 0 spiro atoms. The maximum Gasteiger partial charge on any atom is 0.240 e. The summed E-state index contributed by atoms with van der Waals surface area (Å²) in [5.74, 6) is 1.68. The van der Waals surface area contributed by atoms with Gasteiger partial charge in [0, 0.05) is 10.7 Å². The van der Waals surface area contributed by atoms with E-state index in [1.807, 2.05) is 19.1 Å². The van der Waals surface area contributed by atoms with Crippen molar-refractivity contribution in [3.05, 3.63) is 28.6 Å². The molecule has 2 rings (SSSR count). The minimum Gasteiger partial charge on any atom is -0.366 e. The SMILES string of the molecule is Cc1nc(N)nn1-c1ccc(Br)cn1. The van der Waals surface area contributed by atoms with Gasteiger partial charge in [0.2, 0.25) is 5.95 Å². The van der Waals surface area contributed by atoms with Gasteiger partial charge < -0.3 is 5.73 Å². The molecule has 0 aliphatic carbocycles. The van der Waals surface area contributed by atoms with Gasteiger partial charge in [0.25, 0.3) is 0 Å². The van der Waals surface area contributed by atoms with E-state index in [9.17, 15) is 0 Å². The summed E-state index contributed by atoms with van der Waals surface area (Å²) in [6, 6.07) is 3.73. The Hall–Kier alpha value is -1.43. The first-order valence-corrected chi connectivity index (χ1v) is 4.77. The molecular weight excluding hydrogens is 246 g/mol. The average molecular weight is 254 g/mol. The van der Waals surface area contributed by atoms with Crippen LogP contribution >= 0.6 is 15.9 Å². The number of pyridine rings is 1. The quantitative estimate of drug-likeness (QED) is 0.833. The highest BCUT2D eigenvalue weighted by atomic mass is 79.9. The Morgan fingerprint density at radius 1 is 1.43 bits per heavy atom. The van der Waals surface area contributed by atoms with Crippen LogP contribution in [-0.4, -0.2) is 19.7 Å². The largest absolute Gasteiger partial charge is 0.366 e. The average Bonchev–Trinajstić information content (AvgIpc) is 2.47. The smallest absolute Gasteiger partial charge is 0.240 e. The monoisotopic (exact) mass is 253 g/mol. The van der Waals surface area contributed by atoms with Crippen LogP contribution in [0.3, 0.4) is 0 Å². The summed E-state index contributed by atoms with van der Waals surface area (Å²) in [6.07, 6.45) is 1.70. The molecule has 2 aromatic heterocycles. The van der Waals surface area contributed by atoms with Gasteiger partial charge in [-0.2, -0.15) is 9.67 Å². The first-order valence-electron chi connectivity index (χ1n) is 3.98. The standard InChI is InChI=1S/C8H8BrN5/c1-5-12-8(10)13-14(5)7-3-2-6(9)4-11-7/h2-4H,1H3,(H2,10,13). The number of nitrogens with zero attached hydrogens (tertiary/aromatic N) is 4. The van der Waals surface area contributed by atoms with Crippen LogP contribution in [0.5, 0.6) is 0 Å². The Bertz CT molecular complexity index is 447. The lowest BCUT2D eigenvalue weighted by molar-refractivity contribution is 0.813. The van der Waals surface area contributed by atoms with Crippen LogP contribution in [0.25, 0.3) is 5.82 Å². The molecule has 0 amide bonds. The summed E-state index contributed by atoms with van der Waals surface area (Å²) < 4.78 is 2.52. The first-order chi connectivity index (χ1) is 6.66. The minimum absolute atomic E-state index is 0.257. The maximum atomic E-state index is 5.47. The van der Waals surface area contributed by atoms with Gasteiger partial charge >= 0.3 is 0 Å². The lowest BCUT2D eigenvalue weighted by Crippen LogP contribution is -2.01. The third-order valence-electron chi connectivity index (χ3n) is 1.71. The van der Waals surface area contributed by atoms with Crippen LogP contribution in [0, 0.1) is 6.92 Å². The number of aromatic nitrogens is 4. The van der Waals surface area contributed by atoms with Crippen LogP contribution in [0.15, 0.2) is 22.8 Å². The van der Waals surface area contributed by atoms with E-state index in [1.54, 1.807) is 10.9 Å². The lowest BCUT2D eigenvalue weighted by Gasteiger charge is -2.00. The van der Waals surface area contributed by atoms with Crippen molar-refractivity contribution >= 4 is 21.9 Å². The fourth-order valence-corrected chi connectivity index (χ4v) is 1.36. The molecular formula is C8H8BrN5. The Labute approximate surface area is 89.1 Å². The number of anilines is 1. The van der Waals surface area contributed by atoms with E-state index >= 15 is 0 Å². The molecule has 2 N–H and O–H groups in total. The predicted molar refractivity (Wildman–Crippen MR) is 56.0 cm³/mol. The van der Waals surface area contributed by atoms with E-state index in [1.165, 1.54) is 0 Å². The zero-order valence-electron chi connectivity index (χ0n) is 7.48. The third-order valence-corrected chi connectivity index (χ3v) is 2.18. The molecule has 6 heteroatoms. The summed E-state index contributed by atoms with van der Waals surface area (Å²) in [7, 11) is 0. The fourth-order valence-electron chi connectivity index (χ4n) is 1.12. The van der Waals surface area contributed by atoms with E-state index in [2.05, 4.69) is 31.0 Å². The highest BCUT2D eigenvalue weighted by Gasteiger charge is 2.05. The summed E-state index contributed by atoms with van der Waals surface area (Å²) in [5.41, 5.74) is 5.47. The molecule has 14 heavy (non-hydrogen) atoms. The summed E-state index contributed by atoms with van der Waals surface area (Å²) in [6.45, 7) is 1.83. The topological polar surface area (TPSA) is 69.6 Å². The van der Waals surface area contributed by atoms with Gasteiger partial charge in [-0.1, -0.05) is 0 Å². The molecule has 2 aromatic rings. The zero-order chi connectivity index (χ0) is 10.1. The number of nitrogen functional groups attached to an aromatic ring is 1. The van der Waals surface area contributed by atoms with Gasteiger partial charge in [0.15, 0.2) is 5.82 Å². The second-order valence-electron chi connectivity index (χ2n) is 2.76. The molecule has 0 fully saturated rings. The van der Waals surface area contributed by atoms with E-state index in [4.69, 9.17) is 5.73 Å². The molecule has 0 aliphatic rings. The Morgan fingerprint density at radius 3 is 2.71 bits per heavy atom. The second-order valence-corrected chi connectivity index (χ2v) is 3.68. The maximum absolute atomic E-state index is 5.47. The van der Waals surface area contributed by atoms with Crippen LogP contribution in [0.1, 0.15) is 5.82 Å². The molecule has 72 valence electrons. The van der Waals surface area contributed by atoms with Crippen molar-refractivity contribution in [2.75, 3.05) is 5.73 Å². The predicted octanol–water partition coefficient (Wildman–Crippen LogP) is 1.32. The summed E-state index contributed by atoms with van der Waals surface area (Å²) >= 11 is 3.31. The normalized spacial score (nSPS) is 10.4. The Balaban J connectivity index is 2.49. The van der Waals surface area contributed by atoms with E-state index in [-0.39, 0.29) is 5.95 Å². The number of hydrogen-bond donors (Lipinski definition) is 1. The highest BCUT2D eigenvalue weighted by Crippen LogP contribution is 2.11. The molecule has 0 aliphatic heterocycles. The van der Waals surface area contributed by atoms with Crippen molar-refractivity contribution in [3.63, 3.8) is 0 Å². The third kappa shape index (κ3) is 1.60. The molecule has 2 heterocycles. The molecule has 0 radical (unpaired) electrons. The van der Waals surface area contributed by atoms with Crippen molar-refractivity contribution in [2.24, 2.45) is 0 Å². The fraction of sp³-hybridized carbons (Fsp3) is 0.125. The minimum atomic E-state index is 0.257. The molecule has 0 saturated carbocycles. The van der Waals surface area contributed by atoms with E-state index in [0.29, 0.717) is 5.82 Å². The van der Waals surface area contributed by atoms with Crippen LogP contribution in [0.2, 0.25) is 0 Å². The van der Waals surface area contributed by atoms with Crippen LogP contribution < -0.4 is 5.73 Å². The van der Waals surface area contributed by atoms with Gasteiger partial charge in [0.05, 0.1) is 0 Å². The van der Waals surface area contributed by atoms with Gasteiger partial charge in [-0.05, 0) is 35.0 Å². The van der Waals surface area contributed by atoms with Crippen molar-refractivity contribution < 1.29 is 0 Å². The van der Waals surface area contributed by atoms with E-state index < -0.39 is 0 Å². The van der Waals surface area contributed by atoms with E-state index in [0.717, 1.165) is 10.3 Å². The van der Waals surface area contributed by atoms with Gasteiger partial charge in [-0.3, -0.25) is 0 Å². The van der Waals surface area contributed by atoms with Crippen LogP contribution in [-0.2, 0) is 0 Å². The number of nitrogens with two attached hydrogens (primary N) is 1. The first kappa shape index (κ1) is 9.14. The molecule has 0 atom stereocenters. The number of hydrogen-bond acceptors (Lipinski definition) is 4. The second kappa shape index (κ2) is 3.38. The summed E-state index contributed by atoms with van der Waals surface area (Å²) in [5, 5.41) is 4.02. The molecule has 0 saturated heterocycles. The lowest BCUT2D eigenvalue weighted by atomic mass is 10.4. The zero-order valence-corrected chi connectivity index (χ0v) is 9.06. The summed E-state index contributed by atoms with van der Waals surface area (Å²) in [4.78, 5) is 8.17. The number of aryl methyl sites for hydroxylation is 1. The van der Waals surface area contributed by atoms with Gasteiger partial charge in [0.1, 0.15) is 5.82 Å². The van der Waals surface area contributed by atoms with Gasteiger partial charge in [-0.15, -0.1) is 5.10 Å². The van der Waals surface area contributed by atoms with Crippen molar-refractivity contribution in [1.82, 2.24) is 19.7 Å². The van der Waals surface area contributed by atoms with Crippen molar-refractivity contribution in [1.29, 1.82) is 0 Å². The Kier molecular flexibility index (Phi) is 2.20. The number of halogens is 1. The highest BCUT2D eigenvalue weighted by molar-refractivity contribution is 9.10. The number of rotatable bonds is 1. The van der Waals surface area contributed by atoms with Gasteiger partial charge in [-0.25, -0.2) is 4.98 Å². The molecule has 5 nitrogen and oxygen atoms in total. The molecule has 0 unspecified atom stereocenters. The van der Waals surface area contributed by atoms with Crippen molar-refractivity contribution in [3.8, 4) is 5.82 Å².